The van der Waals surface area contributed by atoms with E-state index in [-0.39, 0.29) is 53.8 Å². The summed E-state index contributed by atoms with van der Waals surface area (Å²) in [5.41, 5.74) is -0.263. The number of aryl methyl sites for hydroxylation is 1. The quantitative estimate of drug-likeness (QED) is 0.420. The summed E-state index contributed by atoms with van der Waals surface area (Å²) in [7, 11) is 0. The molecule has 30 heavy (non-hydrogen) atoms. The van der Waals surface area contributed by atoms with Gasteiger partial charge in [0.05, 0.1) is 20.2 Å². The van der Waals surface area contributed by atoms with Gasteiger partial charge in [0.2, 0.25) is 10.9 Å². The molecule has 0 fully saturated rings. The lowest BCUT2D eigenvalue weighted by Gasteiger charge is -2.02. The van der Waals surface area contributed by atoms with E-state index in [9.17, 15) is 24.0 Å². The Morgan fingerprint density at radius 1 is 0.767 bits per heavy atom. The van der Waals surface area contributed by atoms with Gasteiger partial charge in [-0.3, -0.25) is 24.0 Å². The molecule has 0 unspecified atom stereocenters. The Balaban J connectivity index is 2.01. The van der Waals surface area contributed by atoms with Crippen LogP contribution in [0.4, 0.5) is 0 Å². The molecule has 6 nitrogen and oxygen atoms in total. The monoisotopic (exact) mass is 416 g/mol. The number of thiophene rings is 1. The molecule has 7 heteroatoms. The zero-order valence-electron chi connectivity index (χ0n) is 15.6. The first-order chi connectivity index (χ1) is 14.4. The lowest BCUT2D eigenvalue weighted by Crippen LogP contribution is -2.15. The van der Waals surface area contributed by atoms with Crippen molar-refractivity contribution in [3.63, 3.8) is 0 Å². The second-order valence-corrected chi connectivity index (χ2v) is 8.18. The molecular weight excluding hydrogens is 404 g/mol. The first kappa shape index (κ1) is 18.3. The Morgan fingerprint density at radius 2 is 1.33 bits per heavy atom. The van der Waals surface area contributed by atoms with Crippen LogP contribution in [0.2, 0.25) is 0 Å². The minimum atomic E-state index is -0.461. The van der Waals surface area contributed by atoms with Crippen LogP contribution in [0.15, 0.2) is 55.6 Å². The largest absolute Gasteiger partial charge is 0.463 e. The van der Waals surface area contributed by atoms with Crippen molar-refractivity contribution < 1.29 is 9.53 Å². The normalized spacial score (nSPS) is 11.6. The topological polar surface area (TPSA) is 94.6 Å². The van der Waals surface area contributed by atoms with Crippen LogP contribution in [0.3, 0.4) is 0 Å². The van der Waals surface area contributed by atoms with E-state index in [1.54, 1.807) is 24.3 Å². The fourth-order valence-corrected chi connectivity index (χ4v) is 5.14. The fraction of sp³-hybridized carbons (Fsp3) is 0.0870. The SMILES string of the molecule is Cc1ccc2c(=O)c3c(sc4c(=O)c5cc(COC=O)ccc5c(=O)c43)c(=O)c2c1. The zero-order chi connectivity index (χ0) is 21.2. The summed E-state index contributed by atoms with van der Waals surface area (Å²) >= 11 is 0.890. The molecule has 4 aromatic carbocycles. The summed E-state index contributed by atoms with van der Waals surface area (Å²) in [5, 5.41) is 0.898. The highest BCUT2D eigenvalue weighted by Gasteiger charge is 2.22. The second kappa shape index (κ2) is 6.40. The van der Waals surface area contributed by atoms with E-state index < -0.39 is 16.3 Å². The predicted octanol–water partition coefficient (Wildman–Crippen LogP) is 2.66. The predicted molar refractivity (Wildman–Crippen MR) is 117 cm³/mol. The number of fused-ring (bicyclic) bond motifs is 5. The molecule has 1 aromatic heterocycles. The maximum absolute atomic E-state index is 13.2. The first-order valence-electron chi connectivity index (χ1n) is 9.06. The molecule has 0 aliphatic carbocycles. The molecular formula is C23H12O6S. The summed E-state index contributed by atoms with van der Waals surface area (Å²) < 4.78 is 4.94. The maximum atomic E-state index is 13.2. The number of carbonyl (C=O) groups excluding carboxylic acids is 1. The molecule has 0 amide bonds. The molecule has 5 aromatic rings. The average molecular weight is 416 g/mol. The van der Waals surface area contributed by atoms with Crippen LogP contribution in [0.5, 0.6) is 0 Å². The molecule has 0 aliphatic heterocycles. The van der Waals surface area contributed by atoms with Gasteiger partial charge >= 0.3 is 0 Å². The van der Waals surface area contributed by atoms with Gasteiger partial charge in [0, 0.05) is 21.5 Å². The van der Waals surface area contributed by atoms with Crippen LogP contribution in [0.1, 0.15) is 11.1 Å². The van der Waals surface area contributed by atoms with Gasteiger partial charge in [-0.2, -0.15) is 0 Å². The van der Waals surface area contributed by atoms with Crippen LogP contribution >= 0.6 is 11.3 Å². The van der Waals surface area contributed by atoms with Crippen LogP contribution in [0, 0.1) is 6.92 Å². The van der Waals surface area contributed by atoms with Gasteiger partial charge in [0.1, 0.15) is 6.61 Å². The number of benzene rings is 4. The molecule has 0 saturated carbocycles. The van der Waals surface area contributed by atoms with E-state index in [4.69, 9.17) is 4.74 Å². The highest BCUT2D eigenvalue weighted by Crippen LogP contribution is 2.29. The number of hydrogen-bond donors (Lipinski definition) is 0. The minimum absolute atomic E-state index is 0.00830. The van der Waals surface area contributed by atoms with Gasteiger partial charge in [-0.05, 0) is 30.7 Å². The molecule has 1 heterocycles. The second-order valence-electron chi connectivity index (χ2n) is 7.16. The van der Waals surface area contributed by atoms with Crippen molar-refractivity contribution in [1.82, 2.24) is 0 Å². The Labute approximate surface area is 171 Å². The van der Waals surface area contributed by atoms with Crippen molar-refractivity contribution in [2.45, 2.75) is 13.5 Å². The van der Waals surface area contributed by atoms with Crippen LogP contribution in [0.25, 0.3) is 41.7 Å². The van der Waals surface area contributed by atoms with Crippen LogP contribution < -0.4 is 21.7 Å². The fourth-order valence-electron chi connectivity index (χ4n) is 3.94. The molecule has 0 spiro atoms. The Morgan fingerprint density at radius 3 is 1.93 bits per heavy atom. The van der Waals surface area contributed by atoms with E-state index in [1.165, 1.54) is 12.1 Å². The van der Waals surface area contributed by atoms with Gasteiger partial charge < -0.3 is 4.74 Å². The van der Waals surface area contributed by atoms with Gasteiger partial charge in [0.25, 0.3) is 6.47 Å². The van der Waals surface area contributed by atoms with Crippen molar-refractivity contribution in [2.75, 3.05) is 0 Å². The van der Waals surface area contributed by atoms with Gasteiger partial charge in [-0.1, -0.05) is 23.8 Å². The Bertz CT molecular complexity index is 1750. The van der Waals surface area contributed by atoms with Crippen molar-refractivity contribution in [3.05, 3.63) is 88.4 Å². The number of rotatable bonds is 3. The van der Waals surface area contributed by atoms with E-state index in [2.05, 4.69) is 0 Å². The standard InChI is InChI=1S/C23H12O6S/c1-10-2-4-12-14(6-10)20(27)22-16(18(12)25)17-19(26)13-5-3-11(8-29-9-24)7-15(13)21(28)23(17)30-22/h2-7,9H,8H2,1H3. The summed E-state index contributed by atoms with van der Waals surface area (Å²) in [6, 6.07) is 9.54. The van der Waals surface area contributed by atoms with Crippen molar-refractivity contribution in [1.29, 1.82) is 0 Å². The number of ether oxygens (including phenoxy) is 1. The summed E-state index contributed by atoms with van der Waals surface area (Å²) in [6.07, 6.45) is 0. The summed E-state index contributed by atoms with van der Waals surface area (Å²) in [6.45, 7) is 2.09. The van der Waals surface area contributed by atoms with Crippen molar-refractivity contribution in [2.24, 2.45) is 0 Å². The van der Waals surface area contributed by atoms with Crippen molar-refractivity contribution >= 4 is 59.5 Å². The molecule has 0 saturated heterocycles. The average Bonchev–Trinajstić information content (AvgIpc) is 3.16. The molecule has 0 bridgehead atoms. The molecule has 5 rings (SSSR count). The summed E-state index contributed by atoms with van der Waals surface area (Å²) in [5.74, 6) is 0. The lowest BCUT2D eigenvalue weighted by atomic mass is 10.00. The van der Waals surface area contributed by atoms with Gasteiger partial charge in [-0.25, -0.2) is 0 Å². The lowest BCUT2D eigenvalue weighted by molar-refractivity contribution is -0.129. The highest BCUT2D eigenvalue weighted by molar-refractivity contribution is 7.25. The first-order valence-corrected chi connectivity index (χ1v) is 9.88. The summed E-state index contributed by atoms with van der Waals surface area (Å²) in [4.78, 5) is 63.1. The molecule has 0 radical (unpaired) electrons. The van der Waals surface area contributed by atoms with E-state index in [0.717, 1.165) is 16.9 Å². The van der Waals surface area contributed by atoms with E-state index >= 15 is 0 Å². The van der Waals surface area contributed by atoms with Crippen molar-refractivity contribution in [3.8, 4) is 0 Å². The molecule has 146 valence electrons. The van der Waals surface area contributed by atoms with Gasteiger partial charge in [-0.15, -0.1) is 11.3 Å². The highest BCUT2D eigenvalue weighted by atomic mass is 32.1. The van der Waals surface area contributed by atoms with Crippen LogP contribution in [-0.4, -0.2) is 6.47 Å². The zero-order valence-corrected chi connectivity index (χ0v) is 16.4. The Hall–Kier alpha value is -3.71. The number of hydrogen-bond acceptors (Lipinski definition) is 7. The molecule has 0 atom stereocenters. The Kier molecular flexibility index (Phi) is 3.91. The third kappa shape index (κ3) is 2.39. The third-order valence-corrected chi connectivity index (χ3v) is 6.52. The third-order valence-electron chi connectivity index (χ3n) is 5.33. The van der Waals surface area contributed by atoms with Crippen LogP contribution in [-0.2, 0) is 16.1 Å². The smallest absolute Gasteiger partial charge is 0.293 e. The minimum Gasteiger partial charge on any atom is -0.463 e. The molecule has 0 N–H and O–H groups in total. The van der Waals surface area contributed by atoms with E-state index in [0.29, 0.717) is 12.0 Å². The van der Waals surface area contributed by atoms with Gasteiger partial charge in [0.15, 0.2) is 10.9 Å². The molecule has 0 aliphatic rings. The van der Waals surface area contributed by atoms with E-state index in [1.807, 2.05) is 6.92 Å². The number of carbonyl (C=O) groups is 1. The maximum Gasteiger partial charge on any atom is 0.293 e.